The van der Waals surface area contributed by atoms with Crippen molar-refractivity contribution in [2.45, 2.75) is 6.92 Å². The van der Waals surface area contributed by atoms with Gasteiger partial charge in [0, 0.05) is 11.8 Å². The average molecular weight is 266 g/mol. The zero-order valence-electron chi connectivity index (χ0n) is 11.3. The predicted molar refractivity (Wildman–Crippen MR) is 76.7 cm³/mol. The number of ether oxygens (including phenoxy) is 1. The van der Waals surface area contributed by atoms with Crippen LogP contribution in [0.1, 0.15) is 15.9 Å². The summed E-state index contributed by atoms with van der Waals surface area (Å²) in [7, 11) is 1.39. The third-order valence-corrected chi connectivity index (χ3v) is 3.23. The van der Waals surface area contributed by atoms with Crippen LogP contribution in [0.3, 0.4) is 0 Å². The van der Waals surface area contributed by atoms with E-state index in [1.54, 1.807) is 4.52 Å². The molecule has 0 spiro atoms. The third kappa shape index (κ3) is 1.95. The van der Waals surface area contributed by atoms with Gasteiger partial charge in [-0.3, -0.25) is 0 Å². The Kier molecular flexibility index (Phi) is 2.99. The maximum atomic E-state index is 12.1. The molecule has 100 valence electrons. The molecule has 0 N–H and O–H groups in total. The number of aryl methyl sites for hydroxylation is 1. The quantitative estimate of drug-likeness (QED) is 0.669. The van der Waals surface area contributed by atoms with Gasteiger partial charge in [-0.2, -0.15) is 5.10 Å². The first kappa shape index (κ1) is 12.4. The molecule has 0 amide bonds. The van der Waals surface area contributed by atoms with Gasteiger partial charge in [0.25, 0.3) is 0 Å². The minimum absolute atomic E-state index is 0.371. The Bertz CT molecular complexity index is 776. The lowest BCUT2D eigenvalue weighted by atomic mass is 10.1. The van der Waals surface area contributed by atoms with E-state index in [4.69, 9.17) is 4.74 Å². The van der Waals surface area contributed by atoms with Gasteiger partial charge < -0.3 is 4.74 Å². The summed E-state index contributed by atoms with van der Waals surface area (Å²) in [6.07, 6.45) is 1.85. The fourth-order valence-electron chi connectivity index (χ4n) is 2.25. The van der Waals surface area contributed by atoms with Crippen molar-refractivity contribution in [2.24, 2.45) is 0 Å². The number of aromatic nitrogens is 2. The number of carbonyl (C=O) groups excluding carboxylic acids is 1. The van der Waals surface area contributed by atoms with Crippen LogP contribution >= 0.6 is 0 Å². The fraction of sp³-hybridized carbons (Fsp3) is 0.125. The Labute approximate surface area is 116 Å². The summed E-state index contributed by atoms with van der Waals surface area (Å²) in [4.78, 5) is 12.1. The van der Waals surface area contributed by atoms with Crippen LogP contribution in [-0.2, 0) is 4.74 Å². The SMILES string of the molecule is COC(=O)c1c(-c2ccccc2)nn2ccc(C)cc12. The average Bonchev–Trinajstić information content (AvgIpc) is 2.86. The highest BCUT2D eigenvalue weighted by atomic mass is 16.5. The summed E-state index contributed by atoms with van der Waals surface area (Å²) in [6, 6.07) is 13.5. The molecule has 2 aromatic heterocycles. The van der Waals surface area contributed by atoms with Crippen LogP contribution in [0.5, 0.6) is 0 Å². The predicted octanol–water partition coefficient (Wildman–Crippen LogP) is 3.10. The van der Waals surface area contributed by atoms with E-state index in [-0.39, 0.29) is 5.97 Å². The van der Waals surface area contributed by atoms with E-state index < -0.39 is 0 Å². The number of hydrogen-bond donors (Lipinski definition) is 0. The van der Waals surface area contributed by atoms with Crippen molar-refractivity contribution in [3.63, 3.8) is 0 Å². The van der Waals surface area contributed by atoms with Gasteiger partial charge in [-0.05, 0) is 24.6 Å². The number of methoxy groups -OCH3 is 1. The van der Waals surface area contributed by atoms with Crippen molar-refractivity contribution in [1.29, 1.82) is 0 Å². The molecule has 1 aromatic carbocycles. The summed E-state index contributed by atoms with van der Waals surface area (Å²) in [5.41, 5.74) is 3.87. The number of esters is 1. The van der Waals surface area contributed by atoms with Crippen molar-refractivity contribution in [1.82, 2.24) is 9.61 Å². The van der Waals surface area contributed by atoms with Crippen molar-refractivity contribution >= 4 is 11.5 Å². The lowest BCUT2D eigenvalue weighted by molar-refractivity contribution is 0.0604. The summed E-state index contributed by atoms with van der Waals surface area (Å²) < 4.78 is 6.62. The van der Waals surface area contributed by atoms with E-state index >= 15 is 0 Å². The van der Waals surface area contributed by atoms with Gasteiger partial charge in [0.05, 0.1) is 12.6 Å². The molecule has 20 heavy (non-hydrogen) atoms. The van der Waals surface area contributed by atoms with Gasteiger partial charge in [0.15, 0.2) is 0 Å². The first-order valence-electron chi connectivity index (χ1n) is 6.33. The van der Waals surface area contributed by atoms with Crippen molar-refractivity contribution in [3.8, 4) is 11.3 Å². The van der Waals surface area contributed by atoms with Crippen LogP contribution in [-0.4, -0.2) is 22.7 Å². The summed E-state index contributed by atoms with van der Waals surface area (Å²) >= 11 is 0. The van der Waals surface area contributed by atoms with Crippen LogP contribution in [0.2, 0.25) is 0 Å². The largest absolute Gasteiger partial charge is 0.465 e. The lowest BCUT2D eigenvalue weighted by Gasteiger charge is -2.01. The Morgan fingerprint density at radius 2 is 1.95 bits per heavy atom. The van der Waals surface area contributed by atoms with Crippen LogP contribution in [0.25, 0.3) is 16.8 Å². The number of rotatable bonds is 2. The molecule has 0 fully saturated rings. The molecule has 0 aliphatic carbocycles. The van der Waals surface area contributed by atoms with Crippen LogP contribution < -0.4 is 0 Å². The van der Waals surface area contributed by atoms with Gasteiger partial charge >= 0.3 is 5.97 Å². The molecule has 3 aromatic rings. The molecular formula is C16H14N2O2. The number of hydrogen-bond acceptors (Lipinski definition) is 3. The fourth-order valence-corrected chi connectivity index (χ4v) is 2.25. The second-order valence-electron chi connectivity index (χ2n) is 4.62. The van der Waals surface area contributed by atoms with E-state index in [0.717, 1.165) is 16.6 Å². The van der Waals surface area contributed by atoms with Crippen LogP contribution in [0.15, 0.2) is 48.7 Å². The Balaban J connectivity index is 2.34. The van der Waals surface area contributed by atoms with E-state index in [9.17, 15) is 4.79 Å². The lowest BCUT2D eigenvalue weighted by Crippen LogP contribution is -2.02. The molecule has 0 saturated carbocycles. The number of benzene rings is 1. The molecule has 4 heteroatoms. The molecule has 3 rings (SSSR count). The third-order valence-electron chi connectivity index (χ3n) is 3.23. The van der Waals surface area contributed by atoms with Gasteiger partial charge in [0.1, 0.15) is 11.3 Å². The molecule has 0 saturated heterocycles. The zero-order valence-corrected chi connectivity index (χ0v) is 11.3. The number of nitrogens with zero attached hydrogens (tertiary/aromatic N) is 2. The first-order chi connectivity index (χ1) is 9.70. The highest BCUT2D eigenvalue weighted by Crippen LogP contribution is 2.27. The van der Waals surface area contributed by atoms with E-state index in [2.05, 4.69) is 5.10 Å². The van der Waals surface area contributed by atoms with E-state index in [1.165, 1.54) is 7.11 Å². The second-order valence-corrected chi connectivity index (χ2v) is 4.62. The van der Waals surface area contributed by atoms with E-state index in [0.29, 0.717) is 11.3 Å². The number of pyridine rings is 1. The molecule has 0 radical (unpaired) electrons. The van der Waals surface area contributed by atoms with Crippen molar-refractivity contribution < 1.29 is 9.53 Å². The maximum absolute atomic E-state index is 12.1. The molecular weight excluding hydrogens is 252 g/mol. The smallest absolute Gasteiger partial charge is 0.342 e. The van der Waals surface area contributed by atoms with Crippen LogP contribution in [0.4, 0.5) is 0 Å². The van der Waals surface area contributed by atoms with E-state index in [1.807, 2.05) is 55.6 Å². The summed E-state index contributed by atoms with van der Waals surface area (Å²) in [5.74, 6) is -0.371. The molecule has 2 heterocycles. The first-order valence-corrected chi connectivity index (χ1v) is 6.33. The highest BCUT2D eigenvalue weighted by molar-refractivity contribution is 6.03. The highest BCUT2D eigenvalue weighted by Gasteiger charge is 2.21. The van der Waals surface area contributed by atoms with Gasteiger partial charge in [-0.25, -0.2) is 9.31 Å². The summed E-state index contributed by atoms with van der Waals surface area (Å²) in [6.45, 7) is 1.98. The topological polar surface area (TPSA) is 43.6 Å². The molecule has 0 aliphatic heterocycles. The standard InChI is InChI=1S/C16H14N2O2/c1-11-8-9-18-13(10-11)14(16(19)20-2)15(17-18)12-6-4-3-5-7-12/h3-10H,1-2H3. The Morgan fingerprint density at radius 1 is 1.20 bits per heavy atom. The van der Waals surface area contributed by atoms with Crippen molar-refractivity contribution in [2.75, 3.05) is 7.11 Å². The molecule has 0 aliphatic rings. The Morgan fingerprint density at radius 3 is 2.65 bits per heavy atom. The normalized spacial score (nSPS) is 10.7. The molecule has 0 bridgehead atoms. The minimum Gasteiger partial charge on any atom is -0.465 e. The maximum Gasteiger partial charge on any atom is 0.342 e. The van der Waals surface area contributed by atoms with Gasteiger partial charge in [0.2, 0.25) is 0 Å². The minimum atomic E-state index is -0.371. The Hall–Kier alpha value is -2.62. The summed E-state index contributed by atoms with van der Waals surface area (Å²) in [5, 5.41) is 4.51. The molecule has 0 atom stereocenters. The molecule has 4 nitrogen and oxygen atoms in total. The van der Waals surface area contributed by atoms with Crippen molar-refractivity contribution in [3.05, 3.63) is 59.8 Å². The molecule has 0 unspecified atom stereocenters. The number of carbonyl (C=O) groups is 1. The zero-order chi connectivity index (χ0) is 14.1. The number of fused-ring (bicyclic) bond motifs is 1. The van der Waals surface area contributed by atoms with Crippen LogP contribution in [0, 0.1) is 6.92 Å². The van der Waals surface area contributed by atoms with Gasteiger partial charge in [-0.1, -0.05) is 30.3 Å². The van der Waals surface area contributed by atoms with Gasteiger partial charge in [-0.15, -0.1) is 0 Å². The second kappa shape index (κ2) is 4.81. The monoisotopic (exact) mass is 266 g/mol.